The number of nitrogens with one attached hydrogen (secondary N) is 2. The number of hydrogen-bond donors (Lipinski definition) is 2. The lowest BCUT2D eigenvalue weighted by atomic mass is 10.2. The van der Waals surface area contributed by atoms with Gasteiger partial charge in [0.1, 0.15) is 23.2 Å². The van der Waals surface area contributed by atoms with E-state index in [1.165, 1.54) is 17.0 Å². The van der Waals surface area contributed by atoms with Crippen molar-refractivity contribution in [2.45, 2.75) is 32.9 Å². The van der Waals surface area contributed by atoms with Gasteiger partial charge < -0.3 is 14.5 Å². The molecule has 0 atom stereocenters. The first kappa shape index (κ1) is 18.9. The first-order valence-electron chi connectivity index (χ1n) is 9.35. The Morgan fingerprint density at radius 1 is 1.31 bits per heavy atom. The summed E-state index contributed by atoms with van der Waals surface area (Å²) in [5, 5.41) is 7.08. The topological polar surface area (TPSA) is 95.5 Å². The van der Waals surface area contributed by atoms with E-state index in [2.05, 4.69) is 39.0 Å². The molecule has 1 aromatic carbocycles. The van der Waals surface area contributed by atoms with Crippen LogP contribution in [0.5, 0.6) is 0 Å². The molecule has 0 aliphatic heterocycles. The van der Waals surface area contributed by atoms with Gasteiger partial charge in [0.15, 0.2) is 0 Å². The molecule has 2 N–H and O–H groups in total. The summed E-state index contributed by atoms with van der Waals surface area (Å²) in [6, 6.07) is 6.10. The lowest BCUT2D eigenvalue weighted by Gasteiger charge is -2.13. The highest BCUT2D eigenvalue weighted by Crippen LogP contribution is 2.16. The standard InChI is InChI=1S/C20H22FN7O/c1-12(2)19-22-6-7-28(19)10-14-9-17(26-25-14)20(29)27(3)11-18-23-15-5-4-13(21)8-16(15)24-18/h4-9,12H,10-11H2,1-3H3,(H,23,24)(H,25,26). The molecule has 3 aromatic heterocycles. The summed E-state index contributed by atoms with van der Waals surface area (Å²) < 4.78 is 15.4. The number of fused-ring (bicyclic) bond motifs is 1. The van der Waals surface area contributed by atoms with Crippen LogP contribution < -0.4 is 0 Å². The SMILES string of the molecule is CC(C)c1nccn1Cc1cc(C(=O)N(C)Cc2nc3ccc(F)cc3[nH]2)n[nH]1. The highest BCUT2D eigenvalue weighted by molar-refractivity contribution is 5.92. The Morgan fingerprint density at radius 2 is 2.14 bits per heavy atom. The van der Waals surface area contributed by atoms with Crippen LogP contribution in [0.1, 0.15) is 47.6 Å². The number of nitrogens with zero attached hydrogens (tertiary/aromatic N) is 5. The quantitative estimate of drug-likeness (QED) is 0.524. The lowest BCUT2D eigenvalue weighted by Crippen LogP contribution is -2.27. The Bertz CT molecular complexity index is 1160. The normalized spacial score (nSPS) is 11.5. The first-order valence-corrected chi connectivity index (χ1v) is 9.35. The summed E-state index contributed by atoms with van der Waals surface area (Å²) in [5.41, 5.74) is 2.41. The monoisotopic (exact) mass is 395 g/mol. The van der Waals surface area contributed by atoms with E-state index in [4.69, 9.17) is 0 Å². The van der Waals surface area contributed by atoms with E-state index >= 15 is 0 Å². The van der Waals surface area contributed by atoms with Crippen LogP contribution in [-0.2, 0) is 13.1 Å². The molecule has 4 rings (SSSR count). The van der Waals surface area contributed by atoms with E-state index < -0.39 is 0 Å². The number of aromatic amines is 2. The van der Waals surface area contributed by atoms with Gasteiger partial charge in [-0.15, -0.1) is 0 Å². The van der Waals surface area contributed by atoms with Crippen molar-refractivity contribution in [3.8, 4) is 0 Å². The molecule has 0 fully saturated rings. The van der Waals surface area contributed by atoms with E-state index in [1.807, 2.05) is 10.8 Å². The first-order chi connectivity index (χ1) is 13.9. The molecule has 0 bridgehead atoms. The number of hydrogen-bond acceptors (Lipinski definition) is 4. The van der Waals surface area contributed by atoms with Gasteiger partial charge in [0.25, 0.3) is 5.91 Å². The van der Waals surface area contributed by atoms with Gasteiger partial charge in [-0.2, -0.15) is 5.10 Å². The molecule has 0 saturated heterocycles. The molecular formula is C20H22FN7O. The second-order valence-corrected chi connectivity index (χ2v) is 7.35. The molecule has 1 amide bonds. The van der Waals surface area contributed by atoms with Gasteiger partial charge in [-0.25, -0.2) is 14.4 Å². The molecule has 0 saturated carbocycles. The second kappa shape index (κ2) is 7.50. The van der Waals surface area contributed by atoms with Gasteiger partial charge in [0, 0.05) is 25.4 Å². The third-order valence-electron chi connectivity index (χ3n) is 4.68. The van der Waals surface area contributed by atoms with Crippen LogP contribution in [0.3, 0.4) is 0 Å². The smallest absolute Gasteiger partial charge is 0.274 e. The van der Waals surface area contributed by atoms with Gasteiger partial charge in [-0.05, 0) is 24.3 Å². The Morgan fingerprint density at radius 3 is 2.93 bits per heavy atom. The summed E-state index contributed by atoms with van der Waals surface area (Å²) in [4.78, 5) is 26.1. The lowest BCUT2D eigenvalue weighted by molar-refractivity contribution is 0.0776. The van der Waals surface area contributed by atoms with Crippen molar-refractivity contribution in [3.05, 3.63) is 65.5 Å². The molecule has 0 aliphatic rings. The zero-order valence-electron chi connectivity index (χ0n) is 16.5. The molecule has 29 heavy (non-hydrogen) atoms. The summed E-state index contributed by atoms with van der Waals surface area (Å²) in [6.45, 7) is 4.99. The van der Waals surface area contributed by atoms with Crippen LogP contribution in [0.2, 0.25) is 0 Å². The summed E-state index contributed by atoms with van der Waals surface area (Å²) in [5.74, 6) is 1.30. The van der Waals surface area contributed by atoms with E-state index in [1.54, 1.807) is 25.4 Å². The average molecular weight is 395 g/mol. The molecule has 150 valence electrons. The van der Waals surface area contributed by atoms with Crippen LogP contribution in [-0.4, -0.2) is 47.6 Å². The van der Waals surface area contributed by atoms with Gasteiger partial charge in [-0.1, -0.05) is 13.8 Å². The highest BCUT2D eigenvalue weighted by atomic mass is 19.1. The number of benzene rings is 1. The fraction of sp³-hybridized carbons (Fsp3) is 0.300. The van der Waals surface area contributed by atoms with Gasteiger partial charge in [0.2, 0.25) is 0 Å². The highest BCUT2D eigenvalue weighted by Gasteiger charge is 2.18. The summed E-state index contributed by atoms with van der Waals surface area (Å²) >= 11 is 0. The van der Waals surface area contributed by atoms with Gasteiger partial charge >= 0.3 is 0 Å². The molecule has 8 nitrogen and oxygen atoms in total. The third kappa shape index (κ3) is 3.89. The van der Waals surface area contributed by atoms with Gasteiger partial charge in [-0.3, -0.25) is 9.89 Å². The predicted molar refractivity (Wildman–Crippen MR) is 106 cm³/mol. The van der Waals surface area contributed by atoms with Crippen molar-refractivity contribution < 1.29 is 9.18 Å². The summed E-state index contributed by atoms with van der Waals surface area (Å²) in [6.07, 6.45) is 3.68. The number of halogens is 1. The van der Waals surface area contributed by atoms with Crippen LogP contribution in [0.25, 0.3) is 11.0 Å². The van der Waals surface area contributed by atoms with Crippen molar-refractivity contribution in [3.63, 3.8) is 0 Å². The number of amides is 1. The van der Waals surface area contributed by atoms with Crippen molar-refractivity contribution in [2.24, 2.45) is 0 Å². The van der Waals surface area contributed by atoms with E-state index in [-0.39, 0.29) is 18.3 Å². The maximum atomic E-state index is 13.3. The largest absolute Gasteiger partial charge is 0.340 e. The minimum absolute atomic E-state index is 0.228. The Labute approximate surface area is 166 Å². The van der Waals surface area contributed by atoms with Crippen molar-refractivity contribution in [2.75, 3.05) is 7.05 Å². The van der Waals surface area contributed by atoms with E-state index in [0.717, 1.165) is 11.5 Å². The zero-order chi connectivity index (χ0) is 20.5. The maximum absolute atomic E-state index is 13.3. The Balaban J connectivity index is 1.45. The molecule has 0 radical (unpaired) electrons. The van der Waals surface area contributed by atoms with E-state index in [9.17, 15) is 9.18 Å². The molecular weight excluding hydrogens is 373 g/mol. The minimum Gasteiger partial charge on any atom is -0.340 e. The van der Waals surface area contributed by atoms with Crippen LogP contribution >= 0.6 is 0 Å². The number of H-pyrrole nitrogens is 2. The fourth-order valence-electron chi connectivity index (χ4n) is 3.29. The number of aromatic nitrogens is 6. The molecule has 0 unspecified atom stereocenters. The molecule has 0 aliphatic carbocycles. The Kier molecular flexibility index (Phi) is 4.87. The van der Waals surface area contributed by atoms with Crippen LogP contribution in [0, 0.1) is 5.82 Å². The van der Waals surface area contributed by atoms with Crippen LogP contribution in [0.4, 0.5) is 4.39 Å². The number of rotatable bonds is 6. The number of carbonyl (C=O) groups excluding carboxylic acids is 1. The Hall–Kier alpha value is -3.49. The minimum atomic E-state index is -0.334. The number of carbonyl (C=O) groups is 1. The van der Waals surface area contributed by atoms with Crippen molar-refractivity contribution in [1.82, 2.24) is 34.6 Å². The molecule has 9 heteroatoms. The predicted octanol–water partition coefficient (Wildman–Crippen LogP) is 3.07. The van der Waals surface area contributed by atoms with E-state index in [0.29, 0.717) is 35.0 Å². The molecule has 4 aromatic rings. The number of imidazole rings is 2. The third-order valence-corrected chi connectivity index (χ3v) is 4.68. The van der Waals surface area contributed by atoms with Gasteiger partial charge in [0.05, 0.1) is 29.8 Å². The molecule has 3 heterocycles. The zero-order valence-corrected chi connectivity index (χ0v) is 16.5. The summed E-state index contributed by atoms with van der Waals surface area (Å²) in [7, 11) is 1.68. The van der Waals surface area contributed by atoms with Crippen LogP contribution in [0.15, 0.2) is 36.7 Å². The van der Waals surface area contributed by atoms with Crippen molar-refractivity contribution in [1.29, 1.82) is 0 Å². The fourth-order valence-corrected chi connectivity index (χ4v) is 3.29. The van der Waals surface area contributed by atoms with Crippen molar-refractivity contribution >= 4 is 16.9 Å². The second-order valence-electron chi connectivity index (χ2n) is 7.35. The average Bonchev–Trinajstić information content (AvgIpc) is 3.40. The maximum Gasteiger partial charge on any atom is 0.274 e. The molecule has 0 spiro atoms.